The lowest BCUT2D eigenvalue weighted by Crippen LogP contribution is -2.37. The Morgan fingerprint density at radius 1 is 0.607 bits per heavy atom. The van der Waals surface area contributed by atoms with Gasteiger partial charge in [0.1, 0.15) is 19.8 Å². The van der Waals surface area contributed by atoms with Crippen molar-refractivity contribution in [1.29, 1.82) is 0 Å². The molecule has 0 radical (unpaired) electrons. The Morgan fingerprint density at radius 2 is 1.10 bits per heavy atom. The number of quaternary nitrogens is 1. The molecule has 61 heavy (non-hydrogen) atoms. The summed E-state index contributed by atoms with van der Waals surface area (Å²) in [7, 11) is 0.982. The Labute approximate surface area is 370 Å². The molecule has 0 amide bonds. The van der Waals surface area contributed by atoms with E-state index in [0.717, 1.165) is 83.5 Å². The average molecular weight is 870 g/mol. The summed E-state index contributed by atoms with van der Waals surface area (Å²) in [6.45, 7) is 3.65. The van der Waals surface area contributed by atoms with Gasteiger partial charge < -0.3 is 33.0 Å². The van der Waals surface area contributed by atoms with Crippen molar-refractivity contribution in [2.75, 3.05) is 47.5 Å². The molecule has 0 fully saturated rings. The molecule has 1 N–H and O–H groups in total. The van der Waals surface area contributed by atoms with E-state index in [0.29, 0.717) is 17.4 Å². The van der Waals surface area contributed by atoms with Crippen molar-refractivity contribution in [3.63, 3.8) is 0 Å². The van der Waals surface area contributed by atoms with Crippen molar-refractivity contribution in [2.24, 2.45) is 0 Å². The number of hydrogen-bond donors (Lipinski definition) is 1. The molecule has 0 rings (SSSR count). The molecule has 0 spiro atoms. The monoisotopic (exact) mass is 870 g/mol. The fourth-order valence-corrected chi connectivity index (χ4v) is 5.83. The van der Waals surface area contributed by atoms with Crippen molar-refractivity contribution in [3.8, 4) is 0 Å². The highest BCUT2D eigenvalue weighted by Gasteiger charge is 2.22. The van der Waals surface area contributed by atoms with Crippen LogP contribution in [0.4, 0.5) is 0 Å². The Balaban J connectivity index is 4.66. The maximum atomic E-state index is 12.7. The van der Waals surface area contributed by atoms with Crippen LogP contribution < -0.4 is 4.89 Å². The zero-order chi connectivity index (χ0) is 45.1. The van der Waals surface area contributed by atoms with E-state index in [1.165, 1.54) is 0 Å². The van der Waals surface area contributed by atoms with Crippen molar-refractivity contribution in [1.82, 2.24) is 0 Å². The number of allylic oxidation sites excluding steroid dienone is 19. The second kappa shape index (κ2) is 40.4. The van der Waals surface area contributed by atoms with Gasteiger partial charge >= 0.3 is 11.9 Å². The molecular weight excluding hydrogens is 790 g/mol. The summed E-state index contributed by atoms with van der Waals surface area (Å²) in [5.41, 5.74) is 0. The van der Waals surface area contributed by atoms with Crippen LogP contribution in [-0.2, 0) is 32.7 Å². The standard InChI is InChI=1S/C50H80NO9P/c1-6-8-10-12-14-16-18-20-22-24-26-28-30-32-34-36-38-40-49(53)57-45-48(46-59-61(55,56)58-44-43-51(3,4)5)60-50(54)42-41-47(52)39-37-35-33-31-29-27-25-23-21-19-17-15-13-11-9-7-2/h8-11,14-17,20-23,26-29,33,35,37,39,47-48,52H,6-7,12-13,18-19,24-25,30-32,34,36,38,40-46H2,1-5H3/b10-8-,11-9-,16-14-,17-15-,22-20-,23-21-,28-26-,29-27-,35-33-,39-37-/t47?,48-/m1/s1. The molecule has 0 saturated carbocycles. The minimum Gasteiger partial charge on any atom is -0.756 e. The third-order valence-corrected chi connectivity index (χ3v) is 9.56. The van der Waals surface area contributed by atoms with Gasteiger partial charge in [0, 0.05) is 12.8 Å². The minimum atomic E-state index is -4.71. The molecule has 0 saturated heterocycles. The first-order valence-electron chi connectivity index (χ1n) is 22.4. The summed E-state index contributed by atoms with van der Waals surface area (Å²) >= 11 is 0. The van der Waals surface area contributed by atoms with Gasteiger partial charge in [0.15, 0.2) is 6.10 Å². The molecule has 0 aliphatic rings. The number of unbranched alkanes of at least 4 members (excludes halogenated alkanes) is 4. The fraction of sp³-hybridized carbons (Fsp3) is 0.560. The van der Waals surface area contributed by atoms with Gasteiger partial charge in [0.05, 0.1) is 33.9 Å². The summed E-state index contributed by atoms with van der Waals surface area (Å²) in [4.78, 5) is 37.6. The van der Waals surface area contributed by atoms with Crippen LogP contribution in [0.5, 0.6) is 0 Å². The molecule has 0 bridgehead atoms. The molecule has 11 heteroatoms. The zero-order valence-electron chi connectivity index (χ0n) is 38.2. The molecular formula is C50H80NO9P. The third-order valence-electron chi connectivity index (χ3n) is 8.59. The number of aliphatic hydroxyl groups excluding tert-OH is 1. The van der Waals surface area contributed by atoms with Gasteiger partial charge in [-0.3, -0.25) is 14.2 Å². The quantitative estimate of drug-likeness (QED) is 0.0161. The first-order chi connectivity index (χ1) is 29.4. The van der Waals surface area contributed by atoms with Gasteiger partial charge in [0.25, 0.3) is 7.82 Å². The molecule has 0 aromatic heterocycles. The van der Waals surface area contributed by atoms with E-state index in [2.05, 4.69) is 111 Å². The summed E-state index contributed by atoms with van der Waals surface area (Å²) in [6, 6.07) is 0. The Kier molecular flexibility index (Phi) is 38.0. The number of hydrogen-bond acceptors (Lipinski definition) is 9. The van der Waals surface area contributed by atoms with E-state index >= 15 is 0 Å². The van der Waals surface area contributed by atoms with Crippen molar-refractivity contribution < 1.29 is 47.2 Å². The topological polar surface area (TPSA) is 131 Å². The Morgan fingerprint density at radius 3 is 1.62 bits per heavy atom. The molecule has 2 unspecified atom stereocenters. The van der Waals surface area contributed by atoms with E-state index in [9.17, 15) is 24.2 Å². The highest BCUT2D eigenvalue weighted by Crippen LogP contribution is 2.38. The summed E-state index contributed by atoms with van der Waals surface area (Å²) in [6.07, 6.45) is 52.7. The molecule has 0 aromatic carbocycles. The number of phosphoric ester groups is 1. The van der Waals surface area contributed by atoms with Crippen LogP contribution in [-0.4, -0.2) is 81.2 Å². The number of esters is 2. The van der Waals surface area contributed by atoms with Crippen LogP contribution in [0.2, 0.25) is 0 Å². The number of aliphatic hydroxyl groups is 1. The van der Waals surface area contributed by atoms with E-state index in [1.54, 1.807) is 12.2 Å². The van der Waals surface area contributed by atoms with Gasteiger partial charge in [-0.05, 0) is 83.5 Å². The first-order valence-corrected chi connectivity index (χ1v) is 23.8. The fourth-order valence-electron chi connectivity index (χ4n) is 5.11. The molecule has 3 atom stereocenters. The van der Waals surface area contributed by atoms with Gasteiger partial charge in [-0.25, -0.2) is 0 Å². The van der Waals surface area contributed by atoms with Gasteiger partial charge in [-0.1, -0.05) is 148 Å². The summed E-state index contributed by atoms with van der Waals surface area (Å²) in [5, 5.41) is 10.4. The van der Waals surface area contributed by atoms with Crippen LogP contribution >= 0.6 is 7.82 Å². The molecule has 0 aliphatic carbocycles. The van der Waals surface area contributed by atoms with Crippen molar-refractivity contribution in [2.45, 2.75) is 135 Å². The Hall–Kier alpha value is -3.63. The number of phosphoric acid groups is 1. The first kappa shape index (κ1) is 57.4. The number of carbonyl (C=O) groups excluding carboxylic acids is 2. The SMILES string of the molecule is CC/C=C\C/C=C\C/C=C\C/C=C\C/C=C\C=C/C(O)CCC(=O)O[C@H](COC(=O)CCCCCC/C=C\C/C=C\C/C=C\C/C=C\CC)COP(=O)([O-])OCC[N+](C)(C)C. The highest BCUT2D eigenvalue weighted by molar-refractivity contribution is 7.45. The maximum absolute atomic E-state index is 12.7. The molecule has 0 aliphatic heterocycles. The van der Waals surface area contributed by atoms with Crippen LogP contribution in [0, 0.1) is 0 Å². The number of nitrogens with zero attached hydrogens (tertiary/aromatic N) is 1. The number of rotatable bonds is 38. The van der Waals surface area contributed by atoms with E-state index < -0.39 is 38.6 Å². The van der Waals surface area contributed by atoms with Gasteiger partial charge in [0.2, 0.25) is 0 Å². The lowest BCUT2D eigenvalue weighted by Gasteiger charge is -2.28. The molecule has 0 aromatic rings. The lowest BCUT2D eigenvalue weighted by molar-refractivity contribution is -0.870. The smallest absolute Gasteiger partial charge is 0.306 e. The predicted octanol–water partition coefficient (Wildman–Crippen LogP) is 11.2. The van der Waals surface area contributed by atoms with Gasteiger partial charge in [-0.2, -0.15) is 0 Å². The lowest BCUT2D eigenvalue weighted by atomic mass is 10.1. The van der Waals surface area contributed by atoms with E-state index in [-0.39, 0.29) is 32.5 Å². The third kappa shape index (κ3) is 44.2. The molecule has 344 valence electrons. The van der Waals surface area contributed by atoms with Crippen LogP contribution in [0.15, 0.2) is 122 Å². The van der Waals surface area contributed by atoms with Crippen molar-refractivity contribution >= 4 is 19.8 Å². The minimum absolute atomic E-state index is 0.0851. The van der Waals surface area contributed by atoms with Gasteiger partial charge in [-0.15, -0.1) is 0 Å². The summed E-state index contributed by atoms with van der Waals surface area (Å²) < 4.78 is 33.6. The second-order valence-electron chi connectivity index (χ2n) is 15.5. The van der Waals surface area contributed by atoms with Crippen LogP contribution in [0.1, 0.15) is 123 Å². The van der Waals surface area contributed by atoms with Crippen LogP contribution in [0.25, 0.3) is 0 Å². The normalized spacial score (nSPS) is 15.2. The maximum Gasteiger partial charge on any atom is 0.306 e. The summed E-state index contributed by atoms with van der Waals surface area (Å²) in [5.74, 6) is -1.16. The highest BCUT2D eigenvalue weighted by atomic mass is 31.2. The van der Waals surface area contributed by atoms with E-state index in [1.807, 2.05) is 33.3 Å². The molecule has 10 nitrogen and oxygen atoms in total. The number of likely N-dealkylation sites (N-methyl/N-ethyl adjacent to an activating group) is 1. The predicted molar refractivity (Wildman–Crippen MR) is 250 cm³/mol. The number of carbonyl (C=O) groups is 2. The zero-order valence-corrected chi connectivity index (χ0v) is 39.1. The largest absolute Gasteiger partial charge is 0.756 e. The average Bonchev–Trinajstić information content (AvgIpc) is 3.21. The Bertz CT molecular complexity index is 1460. The molecule has 0 heterocycles. The number of ether oxygens (including phenoxy) is 2. The van der Waals surface area contributed by atoms with Crippen LogP contribution in [0.3, 0.4) is 0 Å². The second-order valence-corrected chi connectivity index (χ2v) is 16.9. The van der Waals surface area contributed by atoms with E-state index in [4.69, 9.17) is 18.5 Å². The van der Waals surface area contributed by atoms with Crippen molar-refractivity contribution in [3.05, 3.63) is 122 Å².